The van der Waals surface area contributed by atoms with Crippen LogP contribution < -0.4 is 10.6 Å². The lowest BCUT2D eigenvalue weighted by Gasteiger charge is -2.24. The maximum atomic E-state index is 12.0. The van der Waals surface area contributed by atoms with E-state index in [1.54, 1.807) is 25.3 Å². The summed E-state index contributed by atoms with van der Waals surface area (Å²) < 4.78 is 5.22. The average Bonchev–Trinajstić information content (AvgIpc) is 3.16. The molecule has 0 spiro atoms. The molecule has 1 atom stereocenters. The first-order chi connectivity index (χ1) is 12.0. The van der Waals surface area contributed by atoms with Gasteiger partial charge in [0, 0.05) is 11.3 Å². The summed E-state index contributed by atoms with van der Waals surface area (Å²) in [5.41, 5.74) is 1.05. The number of nitrogens with one attached hydrogen (secondary N) is 2. The van der Waals surface area contributed by atoms with Crippen LogP contribution in [0.25, 0.3) is 11.5 Å². The number of nitrogens with zero attached hydrogens (tertiary/aromatic N) is 1. The number of aliphatic hydroxyl groups is 1. The van der Waals surface area contributed by atoms with Crippen LogP contribution in [0.15, 0.2) is 71.5 Å². The molecule has 6 nitrogen and oxygen atoms in total. The van der Waals surface area contributed by atoms with Crippen LogP contribution in [0.5, 0.6) is 0 Å². The molecule has 3 N–H and O–H groups in total. The molecule has 3 aromatic rings. The smallest absolute Gasteiger partial charge is 0.319 e. The Labute approximate surface area is 145 Å². The molecular formula is C19H19N3O3. The molecule has 1 unspecified atom stereocenters. The Hall–Kier alpha value is -3.12. The van der Waals surface area contributed by atoms with E-state index in [0.29, 0.717) is 11.6 Å². The molecule has 1 aromatic heterocycles. The molecule has 2 aromatic carbocycles. The van der Waals surface area contributed by atoms with Gasteiger partial charge in [-0.05, 0) is 36.8 Å². The standard InChI is InChI=1S/C19H19N3O3/c1-19(24,15-5-3-2-4-6-15)13-21-18(23)22-16-9-7-14(8-10-16)17-20-11-12-25-17/h2-12,24H,13H2,1H3,(H2,21,22,23). The van der Waals surface area contributed by atoms with Gasteiger partial charge in [0.15, 0.2) is 0 Å². The molecule has 0 aliphatic carbocycles. The number of hydrogen-bond acceptors (Lipinski definition) is 4. The molecule has 0 fully saturated rings. The van der Waals surface area contributed by atoms with Gasteiger partial charge in [-0.2, -0.15) is 0 Å². The van der Waals surface area contributed by atoms with Gasteiger partial charge in [0.1, 0.15) is 11.9 Å². The molecule has 0 aliphatic heterocycles. The second kappa shape index (κ2) is 7.19. The molecule has 1 heterocycles. The Morgan fingerprint density at radius 1 is 1.16 bits per heavy atom. The Morgan fingerprint density at radius 3 is 2.52 bits per heavy atom. The summed E-state index contributed by atoms with van der Waals surface area (Å²) in [5.74, 6) is 0.523. The Kier molecular flexibility index (Phi) is 4.81. The SMILES string of the molecule is CC(O)(CNC(=O)Nc1ccc(-c2ncco2)cc1)c1ccccc1. The van der Waals surface area contributed by atoms with Crippen LogP contribution in [0.4, 0.5) is 10.5 Å². The van der Waals surface area contributed by atoms with E-state index in [1.165, 1.54) is 6.26 Å². The second-order valence-corrected chi connectivity index (χ2v) is 5.86. The minimum atomic E-state index is -1.15. The molecule has 128 valence electrons. The van der Waals surface area contributed by atoms with Crippen molar-refractivity contribution in [3.63, 3.8) is 0 Å². The molecule has 0 radical (unpaired) electrons. The number of anilines is 1. The number of aromatic nitrogens is 1. The van der Waals surface area contributed by atoms with E-state index < -0.39 is 5.60 Å². The van der Waals surface area contributed by atoms with Gasteiger partial charge in [0.25, 0.3) is 0 Å². The van der Waals surface area contributed by atoms with E-state index in [4.69, 9.17) is 4.42 Å². The summed E-state index contributed by atoms with van der Waals surface area (Å²) in [6.07, 6.45) is 3.08. The third-order valence-electron chi connectivity index (χ3n) is 3.81. The fourth-order valence-corrected chi connectivity index (χ4v) is 2.39. The van der Waals surface area contributed by atoms with E-state index in [1.807, 2.05) is 42.5 Å². The number of oxazole rings is 1. The van der Waals surface area contributed by atoms with Crippen LogP contribution in [0.1, 0.15) is 12.5 Å². The number of amides is 2. The van der Waals surface area contributed by atoms with E-state index in [-0.39, 0.29) is 12.6 Å². The first-order valence-electron chi connectivity index (χ1n) is 7.87. The van der Waals surface area contributed by atoms with Crippen molar-refractivity contribution >= 4 is 11.7 Å². The topological polar surface area (TPSA) is 87.4 Å². The monoisotopic (exact) mass is 337 g/mol. The van der Waals surface area contributed by atoms with E-state index in [9.17, 15) is 9.90 Å². The maximum absolute atomic E-state index is 12.0. The molecule has 3 rings (SSSR count). The fourth-order valence-electron chi connectivity index (χ4n) is 2.39. The highest BCUT2D eigenvalue weighted by atomic mass is 16.3. The summed E-state index contributed by atoms with van der Waals surface area (Å²) in [6.45, 7) is 1.75. The van der Waals surface area contributed by atoms with Gasteiger partial charge in [-0.25, -0.2) is 9.78 Å². The quantitative estimate of drug-likeness (QED) is 0.666. The minimum Gasteiger partial charge on any atom is -0.445 e. The normalized spacial score (nSPS) is 13.0. The average molecular weight is 337 g/mol. The summed E-state index contributed by atoms with van der Waals surface area (Å²) in [5, 5.41) is 15.9. The zero-order chi connectivity index (χ0) is 17.7. The summed E-state index contributed by atoms with van der Waals surface area (Å²) in [6, 6.07) is 16.0. The number of rotatable bonds is 5. The first kappa shape index (κ1) is 16.7. The predicted molar refractivity (Wildman–Crippen MR) is 95.0 cm³/mol. The maximum Gasteiger partial charge on any atom is 0.319 e. The largest absolute Gasteiger partial charge is 0.445 e. The van der Waals surface area contributed by atoms with Gasteiger partial charge < -0.3 is 20.2 Å². The van der Waals surface area contributed by atoms with E-state index in [0.717, 1.165) is 11.1 Å². The lowest BCUT2D eigenvalue weighted by atomic mass is 9.96. The van der Waals surface area contributed by atoms with Gasteiger partial charge >= 0.3 is 6.03 Å². The van der Waals surface area contributed by atoms with Crippen LogP contribution in [0, 0.1) is 0 Å². The number of carbonyl (C=O) groups is 1. The third kappa shape index (κ3) is 4.24. The van der Waals surface area contributed by atoms with Crippen molar-refractivity contribution in [2.24, 2.45) is 0 Å². The van der Waals surface area contributed by atoms with Crippen LogP contribution in [-0.4, -0.2) is 22.7 Å². The molecular weight excluding hydrogens is 318 g/mol. The van der Waals surface area contributed by atoms with Crippen molar-refractivity contribution in [1.82, 2.24) is 10.3 Å². The van der Waals surface area contributed by atoms with Crippen LogP contribution in [-0.2, 0) is 5.60 Å². The number of carbonyl (C=O) groups excluding carboxylic acids is 1. The lowest BCUT2D eigenvalue weighted by Crippen LogP contribution is -2.40. The predicted octanol–water partition coefficient (Wildman–Crippen LogP) is 3.37. The summed E-state index contributed by atoms with van der Waals surface area (Å²) in [4.78, 5) is 16.1. The highest BCUT2D eigenvalue weighted by Crippen LogP contribution is 2.20. The van der Waals surface area contributed by atoms with E-state index in [2.05, 4.69) is 15.6 Å². The molecule has 0 saturated heterocycles. The van der Waals surface area contributed by atoms with Gasteiger partial charge in [-0.3, -0.25) is 0 Å². The minimum absolute atomic E-state index is 0.0945. The lowest BCUT2D eigenvalue weighted by molar-refractivity contribution is 0.0599. The third-order valence-corrected chi connectivity index (χ3v) is 3.81. The van der Waals surface area contributed by atoms with Gasteiger partial charge in [-0.15, -0.1) is 0 Å². The zero-order valence-electron chi connectivity index (χ0n) is 13.8. The van der Waals surface area contributed by atoms with Crippen molar-refractivity contribution in [2.75, 3.05) is 11.9 Å². The molecule has 0 saturated carbocycles. The molecule has 0 bridgehead atoms. The van der Waals surface area contributed by atoms with Crippen molar-refractivity contribution < 1.29 is 14.3 Å². The summed E-state index contributed by atoms with van der Waals surface area (Å²) >= 11 is 0. The van der Waals surface area contributed by atoms with Crippen molar-refractivity contribution in [3.8, 4) is 11.5 Å². The van der Waals surface area contributed by atoms with Crippen molar-refractivity contribution in [2.45, 2.75) is 12.5 Å². The highest BCUT2D eigenvalue weighted by Gasteiger charge is 2.23. The van der Waals surface area contributed by atoms with E-state index >= 15 is 0 Å². The van der Waals surface area contributed by atoms with Crippen LogP contribution >= 0.6 is 0 Å². The zero-order valence-corrected chi connectivity index (χ0v) is 13.8. The second-order valence-electron chi connectivity index (χ2n) is 5.86. The molecule has 2 amide bonds. The van der Waals surface area contributed by atoms with Crippen molar-refractivity contribution in [1.29, 1.82) is 0 Å². The number of hydrogen-bond donors (Lipinski definition) is 3. The van der Waals surface area contributed by atoms with Crippen LogP contribution in [0.2, 0.25) is 0 Å². The first-order valence-corrected chi connectivity index (χ1v) is 7.87. The van der Waals surface area contributed by atoms with Gasteiger partial charge in [0.05, 0.1) is 12.7 Å². The Morgan fingerprint density at radius 2 is 1.88 bits per heavy atom. The molecule has 0 aliphatic rings. The number of benzene rings is 2. The number of urea groups is 1. The fraction of sp³-hybridized carbons (Fsp3) is 0.158. The summed E-state index contributed by atoms with van der Waals surface area (Å²) in [7, 11) is 0. The highest BCUT2D eigenvalue weighted by molar-refractivity contribution is 5.89. The Balaban J connectivity index is 1.56. The van der Waals surface area contributed by atoms with Gasteiger partial charge in [-0.1, -0.05) is 30.3 Å². The van der Waals surface area contributed by atoms with Crippen LogP contribution in [0.3, 0.4) is 0 Å². The van der Waals surface area contributed by atoms with Gasteiger partial charge in [0.2, 0.25) is 5.89 Å². The van der Waals surface area contributed by atoms with Crippen molar-refractivity contribution in [3.05, 3.63) is 72.6 Å². The molecule has 6 heteroatoms. The Bertz CT molecular complexity index is 813. The molecule has 25 heavy (non-hydrogen) atoms.